The topological polar surface area (TPSA) is 56.0 Å². The van der Waals surface area contributed by atoms with Crippen molar-refractivity contribution >= 4 is 22.4 Å². The van der Waals surface area contributed by atoms with Gasteiger partial charge in [-0.05, 0) is 37.0 Å². The summed E-state index contributed by atoms with van der Waals surface area (Å²) in [7, 11) is 3.91. The van der Waals surface area contributed by atoms with Gasteiger partial charge in [-0.2, -0.15) is 10.2 Å². The van der Waals surface area contributed by atoms with Crippen LogP contribution in [-0.2, 0) is 25.3 Å². The van der Waals surface area contributed by atoms with Crippen LogP contribution >= 0.6 is 0 Å². The summed E-state index contributed by atoms with van der Waals surface area (Å²) in [6.07, 6.45) is 7.49. The summed E-state index contributed by atoms with van der Waals surface area (Å²) in [5, 5.41) is 9.97. The molecule has 6 nitrogen and oxygen atoms in total. The van der Waals surface area contributed by atoms with E-state index < -0.39 is 0 Å². The molecule has 0 spiro atoms. The SMILES string of the molecule is Cn1nccc1C1=CC2CCC(C1)N2C(=O)Cc1nn(C)c2ccccc12. The van der Waals surface area contributed by atoms with Crippen molar-refractivity contribution in [2.24, 2.45) is 14.1 Å². The maximum absolute atomic E-state index is 13.2. The number of hydrogen-bond acceptors (Lipinski definition) is 3. The van der Waals surface area contributed by atoms with Crippen molar-refractivity contribution < 1.29 is 4.79 Å². The van der Waals surface area contributed by atoms with E-state index in [0.29, 0.717) is 6.42 Å². The molecular weight excluding hydrogens is 338 g/mol. The monoisotopic (exact) mass is 361 g/mol. The van der Waals surface area contributed by atoms with Gasteiger partial charge in [-0.1, -0.05) is 24.3 Å². The number of para-hydroxylation sites is 1. The third kappa shape index (κ3) is 2.59. The Morgan fingerprint density at radius 2 is 2.00 bits per heavy atom. The van der Waals surface area contributed by atoms with Crippen molar-refractivity contribution in [2.75, 3.05) is 0 Å². The first-order chi connectivity index (χ1) is 13.1. The molecular formula is C21H23N5O. The highest BCUT2D eigenvalue weighted by atomic mass is 16.2. The van der Waals surface area contributed by atoms with Crippen LogP contribution in [0.1, 0.15) is 30.7 Å². The lowest BCUT2D eigenvalue weighted by atomic mass is 9.98. The lowest BCUT2D eigenvalue weighted by molar-refractivity contribution is -0.132. The Kier molecular flexibility index (Phi) is 3.67. The zero-order valence-corrected chi connectivity index (χ0v) is 15.7. The number of aromatic nitrogens is 4. The molecule has 1 amide bonds. The van der Waals surface area contributed by atoms with Crippen molar-refractivity contribution in [2.45, 2.75) is 37.8 Å². The summed E-state index contributed by atoms with van der Waals surface area (Å²) < 4.78 is 3.78. The van der Waals surface area contributed by atoms with E-state index >= 15 is 0 Å². The molecule has 2 atom stereocenters. The molecule has 0 radical (unpaired) electrons. The molecule has 2 unspecified atom stereocenters. The van der Waals surface area contributed by atoms with Crippen molar-refractivity contribution in [3.8, 4) is 0 Å². The van der Waals surface area contributed by atoms with Gasteiger partial charge in [0, 0.05) is 31.7 Å². The molecule has 27 heavy (non-hydrogen) atoms. The van der Waals surface area contributed by atoms with Gasteiger partial charge >= 0.3 is 0 Å². The third-order valence-corrected chi connectivity index (χ3v) is 5.99. The van der Waals surface area contributed by atoms with E-state index in [2.05, 4.69) is 33.3 Å². The van der Waals surface area contributed by atoms with Gasteiger partial charge in [0.2, 0.25) is 5.91 Å². The minimum absolute atomic E-state index is 0.187. The van der Waals surface area contributed by atoms with Crippen LogP contribution in [0.25, 0.3) is 16.5 Å². The smallest absolute Gasteiger partial charge is 0.229 e. The van der Waals surface area contributed by atoms with Crippen molar-refractivity contribution in [3.63, 3.8) is 0 Å². The second-order valence-corrected chi connectivity index (χ2v) is 7.60. The molecule has 5 rings (SSSR count). The number of carbonyl (C=O) groups is 1. The van der Waals surface area contributed by atoms with Gasteiger partial charge < -0.3 is 4.90 Å². The Morgan fingerprint density at radius 3 is 2.78 bits per heavy atom. The average Bonchev–Trinajstić information content (AvgIpc) is 3.30. The van der Waals surface area contributed by atoms with E-state index in [1.165, 1.54) is 5.57 Å². The first-order valence-electron chi connectivity index (χ1n) is 9.52. The minimum Gasteiger partial charge on any atom is -0.333 e. The van der Waals surface area contributed by atoms with Crippen LogP contribution in [0, 0.1) is 0 Å². The first-order valence-corrected chi connectivity index (χ1v) is 9.52. The number of nitrogens with zero attached hydrogens (tertiary/aromatic N) is 5. The van der Waals surface area contributed by atoms with Crippen LogP contribution in [0.3, 0.4) is 0 Å². The number of aryl methyl sites for hydroxylation is 2. The van der Waals surface area contributed by atoms with Crippen LogP contribution in [0.15, 0.2) is 42.6 Å². The summed E-state index contributed by atoms with van der Waals surface area (Å²) in [5.74, 6) is 0.187. The lowest BCUT2D eigenvalue weighted by Gasteiger charge is -2.34. The normalized spacial score (nSPS) is 21.7. The number of carbonyl (C=O) groups excluding carboxylic acids is 1. The van der Waals surface area contributed by atoms with Crippen LogP contribution < -0.4 is 0 Å². The predicted molar refractivity (Wildman–Crippen MR) is 104 cm³/mol. The van der Waals surface area contributed by atoms with E-state index in [1.54, 1.807) is 0 Å². The minimum atomic E-state index is 0.187. The second-order valence-electron chi connectivity index (χ2n) is 7.60. The predicted octanol–water partition coefficient (Wildman–Crippen LogP) is 2.70. The summed E-state index contributed by atoms with van der Waals surface area (Å²) >= 11 is 0. The Morgan fingerprint density at radius 1 is 1.15 bits per heavy atom. The summed E-state index contributed by atoms with van der Waals surface area (Å²) in [4.78, 5) is 15.3. The molecule has 2 aliphatic rings. The van der Waals surface area contributed by atoms with Crippen LogP contribution in [-0.4, -0.2) is 42.5 Å². The first kappa shape index (κ1) is 16.3. The summed E-state index contributed by atoms with van der Waals surface area (Å²) in [5.41, 5.74) is 4.42. The van der Waals surface area contributed by atoms with E-state index in [9.17, 15) is 4.79 Å². The molecule has 138 valence electrons. The molecule has 4 heterocycles. The molecule has 0 aliphatic carbocycles. The van der Waals surface area contributed by atoms with Gasteiger partial charge in [0.25, 0.3) is 0 Å². The average molecular weight is 361 g/mol. The highest BCUT2D eigenvalue weighted by Crippen LogP contribution is 2.38. The fourth-order valence-electron chi connectivity index (χ4n) is 4.75. The number of rotatable bonds is 3. The van der Waals surface area contributed by atoms with E-state index in [1.807, 2.05) is 47.9 Å². The Labute approximate surface area is 158 Å². The lowest BCUT2D eigenvalue weighted by Crippen LogP contribution is -2.43. The molecule has 2 aromatic heterocycles. The molecule has 2 aliphatic heterocycles. The highest BCUT2D eigenvalue weighted by Gasteiger charge is 2.40. The van der Waals surface area contributed by atoms with Gasteiger partial charge in [0.05, 0.1) is 29.4 Å². The van der Waals surface area contributed by atoms with Gasteiger partial charge in [-0.3, -0.25) is 14.2 Å². The number of amides is 1. The molecule has 0 N–H and O–H groups in total. The van der Waals surface area contributed by atoms with Crippen LogP contribution in [0.4, 0.5) is 0 Å². The molecule has 2 bridgehead atoms. The van der Waals surface area contributed by atoms with Gasteiger partial charge in [0.1, 0.15) is 0 Å². The van der Waals surface area contributed by atoms with Crippen molar-refractivity contribution in [3.05, 3.63) is 54.0 Å². The largest absolute Gasteiger partial charge is 0.333 e. The van der Waals surface area contributed by atoms with Crippen LogP contribution in [0.2, 0.25) is 0 Å². The van der Waals surface area contributed by atoms with Gasteiger partial charge in [0.15, 0.2) is 0 Å². The zero-order valence-electron chi connectivity index (χ0n) is 15.7. The number of benzene rings is 1. The van der Waals surface area contributed by atoms with Crippen molar-refractivity contribution in [1.29, 1.82) is 0 Å². The Bertz CT molecular complexity index is 1060. The Balaban J connectivity index is 1.41. The molecule has 0 saturated carbocycles. The van der Waals surface area contributed by atoms with Gasteiger partial charge in [-0.15, -0.1) is 0 Å². The quantitative estimate of drug-likeness (QED) is 0.721. The van der Waals surface area contributed by atoms with Crippen molar-refractivity contribution in [1.82, 2.24) is 24.5 Å². The molecule has 6 heteroatoms. The third-order valence-electron chi connectivity index (χ3n) is 5.99. The van der Waals surface area contributed by atoms with E-state index in [-0.39, 0.29) is 18.0 Å². The Hall–Kier alpha value is -2.89. The van der Waals surface area contributed by atoms with E-state index in [0.717, 1.165) is 41.6 Å². The summed E-state index contributed by atoms with van der Waals surface area (Å²) in [6, 6.07) is 10.6. The maximum atomic E-state index is 13.2. The molecule has 1 saturated heterocycles. The fraction of sp³-hybridized carbons (Fsp3) is 0.381. The number of hydrogen-bond donors (Lipinski definition) is 0. The van der Waals surface area contributed by atoms with Gasteiger partial charge in [-0.25, -0.2) is 0 Å². The second kappa shape index (κ2) is 6.08. The fourth-order valence-corrected chi connectivity index (χ4v) is 4.75. The molecule has 1 fully saturated rings. The maximum Gasteiger partial charge on any atom is 0.229 e. The van der Waals surface area contributed by atoms with E-state index in [4.69, 9.17) is 0 Å². The molecule has 1 aromatic carbocycles. The standard InChI is InChI=1S/C21H23N5O/c1-24-19(9-10-22-24)14-11-15-7-8-16(12-14)26(15)21(27)13-18-17-5-3-4-6-20(17)25(2)23-18/h3-6,9-11,15-16H,7-8,12-13H2,1-2H3. The summed E-state index contributed by atoms with van der Waals surface area (Å²) in [6.45, 7) is 0. The zero-order chi connectivity index (χ0) is 18.5. The molecule has 3 aromatic rings. The number of fused-ring (bicyclic) bond motifs is 3. The highest BCUT2D eigenvalue weighted by molar-refractivity contribution is 5.88. The van der Waals surface area contributed by atoms with Crippen LogP contribution in [0.5, 0.6) is 0 Å².